The lowest BCUT2D eigenvalue weighted by Crippen LogP contribution is -2.52. The van der Waals surface area contributed by atoms with Crippen LogP contribution in [0.5, 0.6) is 0 Å². The quantitative estimate of drug-likeness (QED) is 0.835. The highest BCUT2D eigenvalue weighted by atomic mass is 16.2. The van der Waals surface area contributed by atoms with Gasteiger partial charge in [0.25, 0.3) is 0 Å². The standard InChI is InChI=1S/C19H28N4O2/c1-19(2,3)15-12-21-17(24)16(15)18(25)23-10-8-22(9-11-23)13-14-4-6-20-7-5-14/h4-7,15-16H,8-13H2,1-3H3,(H,21,24)/t15-,16+/m1/s1. The highest BCUT2D eigenvalue weighted by Crippen LogP contribution is 2.36. The molecule has 0 spiro atoms. The average Bonchev–Trinajstić information content (AvgIpc) is 2.98. The molecule has 136 valence electrons. The number of carbonyl (C=O) groups is 2. The summed E-state index contributed by atoms with van der Waals surface area (Å²) in [6.45, 7) is 10.8. The van der Waals surface area contributed by atoms with Gasteiger partial charge < -0.3 is 10.2 Å². The van der Waals surface area contributed by atoms with Crippen LogP contribution in [-0.4, -0.2) is 59.3 Å². The summed E-state index contributed by atoms with van der Waals surface area (Å²) in [5.74, 6) is -0.586. The van der Waals surface area contributed by atoms with Crippen molar-refractivity contribution in [2.45, 2.75) is 27.3 Å². The summed E-state index contributed by atoms with van der Waals surface area (Å²) >= 11 is 0. The second-order valence-corrected chi connectivity index (χ2v) is 8.15. The molecule has 2 aliphatic rings. The number of rotatable bonds is 3. The molecular formula is C19H28N4O2. The number of aromatic nitrogens is 1. The number of hydrogen-bond acceptors (Lipinski definition) is 4. The van der Waals surface area contributed by atoms with Gasteiger partial charge in [-0.2, -0.15) is 0 Å². The van der Waals surface area contributed by atoms with E-state index < -0.39 is 5.92 Å². The third-order valence-electron chi connectivity index (χ3n) is 5.40. The Morgan fingerprint density at radius 2 is 1.84 bits per heavy atom. The van der Waals surface area contributed by atoms with Gasteiger partial charge in [0.05, 0.1) is 0 Å². The molecule has 2 aliphatic heterocycles. The lowest BCUT2D eigenvalue weighted by molar-refractivity contribution is -0.144. The van der Waals surface area contributed by atoms with E-state index in [-0.39, 0.29) is 23.1 Å². The first-order valence-corrected chi connectivity index (χ1v) is 9.04. The van der Waals surface area contributed by atoms with Crippen molar-refractivity contribution in [3.63, 3.8) is 0 Å². The molecule has 0 saturated carbocycles. The van der Waals surface area contributed by atoms with Crippen molar-refractivity contribution >= 4 is 11.8 Å². The van der Waals surface area contributed by atoms with Crippen LogP contribution < -0.4 is 5.32 Å². The summed E-state index contributed by atoms with van der Waals surface area (Å²) in [6.07, 6.45) is 3.61. The Labute approximate surface area is 149 Å². The molecule has 3 heterocycles. The molecule has 2 atom stereocenters. The molecule has 2 fully saturated rings. The Bertz CT molecular complexity index is 618. The number of piperazine rings is 1. The molecule has 1 aromatic rings. The molecule has 0 unspecified atom stereocenters. The summed E-state index contributed by atoms with van der Waals surface area (Å²) < 4.78 is 0. The van der Waals surface area contributed by atoms with Crippen LogP contribution in [0.1, 0.15) is 26.3 Å². The molecular weight excluding hydrogens is 316 g/mol. The predicted octanol–water partition coefficient (Wildman–Crippen LogP) is 1.13. The molecule has 0 aliphatic carbocycles. The number of nitrogens with one attached hydrogen (secondary N) is 1. The molecule has 25 heavy (non-hydrogen) atoms. The van der Waals surface area contributed by atoms with Crippen LogP contribution >= 0.6 is 0 Å². The normalized spacial score (nSPS) is 25.1. The maximum Gasteiger partial charge on any atom is 0.235 e. The largest absolute Gasteiger partial charge is 0.355 e. The Balaban J connectivity index is 1.58. The average molecular weight is 344 g/mol. The van der Waals surface area contributed by atoms with Gasteiger partial charge in [-0.25, -0.2) is 0 Å². The van der Waals surface area contributed by atoms with Crippen molar-refractivity contribution in [1.29, 1.82) is 0 Å². The van der Waals surface area contributed by atoms with Crippen LogP contribution in [0, 0.1) is 17.3 Å². The van der Waals surface area contributed by atoms with E-state index in [1.807, 2.05) is 17.0 Å². The molecule has 2 amide bonds. The Morgan fingerprint density at radius 3 is 2.44 bits per heavy atom. The third-order valence-corrected chi connectivity index (χ3v) is 5.40. The maximum atomic E-state index is 13.0. The first-order chi connectivity index (χ1) is 11.9. The maximum absolute atomic E-state index is 13.0. The third kappa shape index (κ3) is 4.00. The summed E-state index contributed by atoms with van der Waals surface area (Å²) in [6, 6.07) is 4.04. The fourth-order valence-corrected chi connectivity index (χ4v) is 3.78. The molecule has 2 saturated heterocycles. The highest BCUT2D eigenvalue weighted by molar-refractivity contribution is 6.02. The Hall–Kier alpha value is -1.95. The van der Waals surface area contributed by atoms with E-state index in [2.05, 4.69) is 36.0 Å². The zero-order chi connectivity index (χ0) is 18.0. The zero-order valence-corrected chi connectivity index (χ0v) is 15.4. The van der Waals surface area contributed by atoms with Gasteiger partial charge >= 0.3 is 0 Å². The van der Waals surface area contributed by atoms with E-state index in [1.165, 1.54) is 5.56 Å². The molecule has 1 N–H and O–H groups in total. The van der Waals surface area contributed by atoms with Gasteiger partial charge in [-0.15, -0.1) is 0 Å². The number of nitrogens with zero attached hydrogens (tertiary/aromatic N) is 3. The molecule has 3 rings (SSSR count). The molecule has 0 bridgehead atoms. The van der Waals surface area contributed by atoms with Gasteiger partial charge in [0, 0.05) is 57.6 Å². The summed E-state index contributed by atoms with van der Waals surface area (Å²) in [7, 11) is 0. The zero-order valence-electron chi connectivity index (χ0n) is 15.4. The van der Waals surface area contributed by atoms with Gasteiger partial charge in [-0.3, -0.25) is 19.5 Å². The number of amides is 2. The van der Waals surface area contributed by atoms with Crippen LogP contribution in [0.3, 0.4) is 0 Å². The fourth-order valence-electron chi connectivity index (χ4n) is 3.78. The van der Waals surface area contributed by atoms with Crippen LogP contribution in [0.4, 0.5) is 0 Å². The van der Waals surface area contributed by atoms with E-state index in [0.29, 0.717) is 19.6 Å². The second kappa shape index (κ2) is 7.12. The molecule has 6 nitrogen and oxygen atoms in total. The highest BCUT2D eigenvalue weighted by Gasteiger charge is 2.47. The van der Waals surface area contributed by atoms with Gasteiger partial charge in [0.1, 0.15) is 5.92 Å². The summed E-state index contributed by atoms with van der Waals surface area (Å²) in [5, 5.41) is 2.88. The van der Waals surface area contributed by atoms with Gasteiger partial charge in [-0.05, 0) is 23.1 Å². The van der Waals surface area contributed by atoms with Gasteiger partial charge in [-0.1, -0.05) is 20.8 Å². The Morgan fingerprint density at radius 1 is 1.20 bits per heavy atom. The Kier molecular flexibility index (Phi) is 5.08. The molecule has 0 aromatic carbocycles. The molecule has 6 heteroatoms. The predicted molar refractivity (Wildman–Crippen MR) is 95.5 cm³/mol. The minimum atomic E-state index is -0.535. The fraction of sp³-hybridized carbons (Fsp3) is 0.632. The van der Waals surface area contributed by atoms with E-state index in [0.717, 1.165) is 19.6 Å². The van der Waals surface area contributed by atoms with Crippen molar-refractivity contribution in [1.82, 2.24) is 20.1 Å². The lowest BCUT2D eigenvalue weighted by Gasteiger charge is -2.37. The molecule has 0 radical (unpaired) electrons. The minimum Gasteiger partial charge on any atom is -0.355 e. The SMILES string of the molecule is CC(C)(C)[C@@H]1CNC(=O)[C@H]1C(=O)N1CCN(Cc2ccncc2)CC1. The lowest BCUT2D eigenvalue weighted by atomic mass is 9.74. The second-order valence-electron chi connectivity index (χ2n) is 8.15. The van der Waals surface area contributed by atoms with Crippen LogP contribution in [0.15, 0.2) is 24.5 Å². The van der Waals surface area contributed by atoms with Gasteiger partial charge in [0.2, 0.25) is 11.8 Å². The summed E-state index contributed by atoms with van der Waals surface area (Å²) in [5.41, 5.74) is 1.17. The van der Waals surface area contributed by atoms with Crippen LogP contribution in [-0.2, 0) is 16.1 Å². The first kappa shape index (κ1) is 17.9. The summed E-state index contributed by atoms with van der Waals surface area (Å²) in [4.78, 5) is 33.5. The van der Waals surface area contributed by atoms with Crippen molar-refractivity contribution in [3.8, 4) is 0 Å². The first-order valence-electron chi connectivity index (χ1n) is 9.04. The topological polar surface area (TPSA) is 65.5 Å². The monoisotopic (exact) mass is 344 g/mol. The molecule has 1 aromatic heterocycles. The van der Waals surface area contributed by atoms with Crippen molar-refractivity contribution in [2.75, 3.05) is 32.7 Å². The van der Waals surface area contributed by atoms with Crippen molar-refractivity contribution in [2.24, 2.45) is 17.3 Å². The number of hydrogen-bond donors (Lipinski definition) is 1. The number of pyridine rings is 1. The van der Waals surface area contributed by atoms with E-state index >= 15 is 0 Å². The van der Waals surface area contributed by atoms with Gasteiger partial charge in [0.15, 0.2) is 0 Å². The van der Waals surface area contributed by atoms with E-state index in [9.17, 15) is 9.59 Å². The van der Waals surface area contributed by atoms with Crippen molar-refractivity contribution < 1.29 is 9.59 Å². The minimum absolute atomic E-state index is 0.00140. The van der Waals surface area contributed by atoms with E-state index in [1.54, 1.807) is 12.4 Å². The van der Waals surface area contributed by atoms with Crippen LogP contribution in [0.2, 0.25) is 0 Å². The number of carbonyl (C=O) groups excluding carboxylic acids is 2. The smallest absolute Gasteiger partial charge is 0.235 e. The van der Waals surface area contributed by atoms with Crippen molar-refractivity contribution in [3.05, 3.63) is 30.1 Å². The van der Waals surface area contributed by atoms with E-state index in [4.69, 9.17) is 0 Å². The van der Waals surface area contributed by atoms with Crippen LogP contribution in [0.25, 0.3) is 0 Å².